The maximum absolute atomic E-state index is 8.94. The van der Waals surface area contributed by atoms with E-state index in [0.29, 0.717) is 13.2 Å². The van der Waals surface area contributed by atoms with Gasteiger partial charge in [0, 0.05) is 12.5 Å². The number of nitrogens with two attached hydrogens (primary N) is 1. The van der Waals surface area contributed by atoms with Crippen LogP contribution in [0.4, 0.5) is 0 Å². The summed E-state index contributed by atoms with van der Waals surface area (Å²) in [6.07, 6.45) is -0.0602. The second kappa shape index (κ2) is 3.70. The van der Waals surface area contributed by atoms with Crippen molar-refractivity contribution in [2.45, 2.75) is 25.7 Å². The Kier molecular flexibility index (Phi) is 3.06. The maximum atomic E-state index is 8.94. The highest BCUT2D eigenvalue weighted by Crippen LogP contribution is 2.26. The highest BCUT2D eigenvalue weighted by Gasteiger charge is 2.36. The fourth-order valence-corrected chi connectivity index (χ4v) is 1.29. The van der Waals surface area contributed by atoms with Crippen LogP contribution in [0.5, 0.6) is 0 Å². The van der Waals surface area contributed by atoms with Crippen LogP contribution in [0.1, 0.15) is 13.8 Å². The smallest absolute Gasteiger partial charge is 0.163 e. The molecule has 0 amide bonds. The molecule has 1 aliphatic rings. The summed E-state index contributed by atoms with van der Waals surface area (Å²) < 4.78 is 10.9. The van der Waals surface area contributed by atoms with Crippen LogP contribution in [0.15, 0.2) is 0 Å². The van der Waals surface area contributed by atoms with Crippen LogP contribution in [-0.2, 0) is 9.47 Å². The first-order valence-electron chi connectivity index (χ1n) is 4.22. The van der Waals surface area contributed by atoms with Gasteiger partial charge in [0.1, 0.15) is 0 Å². The van der Waals surface area contributed by atoms with Gasteiger partial charge in [0.2, 0.25) is 0 Å². The monoisotopic (exact) mass is 175 g/mol. The number of aliphatic hydroxyl groups excluding tert-OH is 1. The van der Waals surface area contributed by atoms with Crippen LogP contribution in [0.3, 0.4) is 0 Å². The minimum Gasteiger partial charge on any atom is -0.396 e. The molecule has 12 heavy (non-hydrogen) atoms. The lowest BCUT2D eigenvalue weighted by Gasteiger charge is -2.21. The fraction of sp³-hybridized carbons (Fsp3) is 1.00. The zero-order valence-electron chi connectivity index (χ0n) is 7.62. The molecule has 0 saturated carbocycles. The van der Waals surface area contributed by atoms with E-state index in [4.69, 9.17) is 20.3 Å². The van der Waals surface area contributed by atoms with E-state index in [1.54, 1.807) is 0 Å². The van der Waals surface area contributed by atoms with Crippen molar-refractivity contribution in [1.29, 1.82) is 0 Å². The molecule has 4 heteroatoms. The van der Waals surface area contributed by atoms with E-state index >= 15 is 0 Å². The summed E-state index contributed by atoms with van der Waals surface area (Å²) in [5.41, 5.74) is 5.46. The van der Waals surface area contributed by atoms with Crippen molar-refractivity contribution in [3.05, 3.63) is 0 Å². The predicted molar refractivity (Wildman–Crippen MR) is 44.5 cm³/mol. The highest BCUT2D eigenvalue weighted by molar-refractivity contribution is 4.77. The molecular formula is C8H17NO3. The lowest BCUT2D eigenvalue weighted by atomic mass is 10.1. The third kappa shape index (κ3) is 2.17. The Morgan fingerprint density at radius 1 is 1.67 bits per heavy atom. The van der Waals surface area contributed by atoms with Gasteiger partial charge in [-0.15, -0.1) is 0 Å². The number of hydrogen-bond donors (Lipinski definition) is 2. The third-order valence-electron chi connectivity index (χ3n) is 2.09. The van der Waals surface area contributed by atoms with Crippen LogP contribution in [0.25, 0.3) is 0 Å². The van der Waals surface area contributed by atoms with Crippen molar-refractivity contribution < 1.29 is 14.6 Å². The SMILES string of the molecule is CC1(C)OCC(C(CN)CO)O1. The molecule has 72 valence electrons. The van der Waals surface area contributed by atoms with Crippen LogP contribution in [0, 0.1) is 5.92 Å². The van der Waals surface area contributed by atoms with Crippen molar-refractivity contribution in [3.8, 4) is 0 Å². The molecular weight excluding hydrogens is 158 g/mol. The molecule has 0 spiro atoms. The van der Waals surface area contributed by atoms with Crippen molar-refractivity contribution >= 4 is 0 Å². The van der Waals surface area contributed by atoms with E-state index in [0.717, 1.165) is 0 Å². The number of hydrogen-bond acceptors (Lipinski definition) is 4. The molecule has 0 aromatic carbocycles. The van der Waals surface area contributed by atoms with Gasteiger partial charge in [-0.3, -0.25) is 0 Å². The Bertz CT molecular complexity index is 145. The lowest BCUT2D eigenvalue weighted by molar-refractivity contribution is -0.145. The summed E-state index contributed by atoms with van der Waals surface area (Å²) in [5.74, 6) is -0.528. The maximum Gasteiger partial charge on any atom is 0.163 e. The summed E-state index contributed by atoms with van der Waals surface area (Å²) in [6.45, 7) is 4.73. The molecule has 2 atom stereocenters. The molecule has 1 saturated heterocycles. The van der Waals surface area contributed by atoms with Gasteiger partial charge in [-0.1, -0.05) is 0 Å². The molecule has 1 rings (SSSR count). The van der Waals surface area contributed by atoms with Crippen molar-refractivity contribution in [2.24, 2.45) is 11.7 Å². The van der Waals surface area contributed by atoms with E-state index in [9.17, 15) is 0 Å². The van der Waals surface area contributed by atoms with Crippen LogP contribution in [-0.4, -0.2) is 36.8 Å². The number of ether oxygens (including phenoxy) is 2. The van der Waals surface area contributed by atoms with E-state index in [1.165, 1.54) is 0 Å². The molecule has 1 aliphatic heterocycles. The van der Waals surface area contributed by atoms with E-state index in [1.807, 2.05) is 13.8 Å². The Morgan fingerprint density at radius 2 is 2.33 bits per heavy atom. The van der Waals surface area contributed by atoms with Gasteiger partial charge in [-0.2, -0.15) is 0 Å². The summed E-state index contributed by atoms with van der Waals surface area (Å²) >= 11 is 0. The van der Waals surface area contributed by atoms with Gasteiger partial charge < -0.3 is 20.3 Å². The van der Waals surface area contributed by atoms with E-state index in [-0.39, 0.29) is 18.6 Å². The Morgan fingerprint density at radius 3 is 2.67 bits per heavy atom. The summed E-state index contributed by atoms with van der Waals surface area (Å²) in [5, 5.41) is 8.94. The third-order valence-corrected chi connectivity index (χ3v) is 2.09. The van der Waals surface area contributed by atoms with Crippen LogP contribution in [0.2, 0.25) is 0 Å². The van der Waals surface area contributed by atoms with Gasteiger partial charge in [-0.05, 0) is 20.4 Å². The summed E-state index contributed by atoms with van der Waals surface area (Å²) in [6, 6.07) is 0. The molecule has 0 aliphatic carbocycles. The first-order chi connectivity index (χ1) is 5.59. The predicted octanol–water partition coefficient (Wildman–Crippen LogP) is -0.295. The highest BCUT2D eigenvalue weighted by atomic mass is 16.7. The summed E-state index contributed by atoms with van der Waals surface area (Å²) in [7, 11) is 0. The molecule has 4 nitrogen and oxygen atoms in total. The second-order valence-electron chi connectivity index (χ2n) is 3.55. The average Bonchev–Trinajstić information content (AvgIpc) is 2.34. The van der Waals surface area contributed by atoms with E-state index < -0.39 is 5.79 Å². The van der Waals surface area contributed by atoms with Gasteiger partial charge in [0.25, 0.3) is 0 Å². The first-order valence-corrected chi connectivity index (χ1v) is 4.22. The zero-order chi connectivity index (χ0) is 9.19. The minimum absolute atomic E-state index is 0.00762. The van der Waals surface area contributed by atoms with Gasteiger partial charge in [-0.25, -0.2) is 0 Å². The largest absolute Gasteiger partial charge is 0.396 e. The van der Waals surface area contributed by atoms with Crippen molar-refractivity contribution in [3.63, 3.8) is 0 Å². The molecule has 1 fully saturated rings. The van der Waals surface area contributed by atoms with Gasteiger partial charge in [0.15, 0.2) is 5.79 Å². The fourth-order valence-electron chi connectivity index (χ4n) is 1.29. The molecule has 0 bridgehead atoms. The molecule has 0 aromatic heterocycles. The molecule has 1 heterocycles. The Hall–Kier alpha value is -0.160. The minimum atomic E-state index is -0.521. The Labute approximate surface area is 72.6 Å². The topological polar surface area (TPSA) is 64.7 Å². The number of aliphatic hydroxyl groups is 1. The van der Waals surface area contributed by atoms with Crippen molar-refractivity contribution in [1.82, 2.24) is 0 Å². The van der Waals surface area contributed by atoms with Gasteiger partial charge in [0.05, 0.1) is 12.7 Å². The average molecular weight is 175 g/mol. The molecule has 0 radical (unpaired) electrons. The van der Waals surface area contributed by atoms with Gasteiger partial charge >= 0.3 is 0 Å². The quantitative estimate of drug-likeness (QED) is 0.618. The van der Waals surface area contributed by atoms with Crippen LogP contribution >= 0.6 is 0 Å². The van der Waals surface area contributed by atoms with E-state index in [2.05, 4.69) is 0 Å². The first kappa shape index (κ1) is 9.92. The molecule has 0 aromatic rings. The normalized spacial score (nSPS) is 30.5. The van der Waals surface area contributed by atoms with Crippen LogP contribution < -0.4 is 5.73 Å². The standard InChI is InChI=1S/C8H17NO3/c1-8(2)11-5-7(12-8)6(3-9)4-10/h6-7,10H,3-5,9H2,1-2H3. The molecule has 2 unspecified atom stereocenters. The second-order valence-corrected chi connectivity index (χ2v) is 3.55. The number of rotatable bonds is 3. The summed E-state index contributed by atoms with van der Waals surface area (Å²) in [4.78, 5) is 0. The Balaban J connectivity index is 2.45. The lowest BCUT2D eigenvalue weighted by Crippen LogP contribution is -2.34. The zero-order valence-corrected chi connectivity index (χ0v) is 7.62. The van der Waals surface area contributed by atoms with Crippen molar-refractivity contribution in [2.75, 3.05) is 19.8 Å². The molecule has 3 N–H and O–H groups in total.